The zero-order valence-corrected chi connectivity index (χ0v) is 8.16. The van der Waals surface area contributed by atoms with Gasteiger partial charge in [-0.1, -0.05) is 42.4 Å². The molecule has 0 saturated heterocycles. The van der Waals surface area contributed by atoms with Gasteiger partial charge >= 0.3 is 0 Å². The van der Waals surface area contributed by atoms with E-state index in [4.69, 9.17) is 4.84 Å². The smallest absolute Gasteiger partial charge is 0.142 e. The molecule has 0 aliphatic heterocycles. The van der Waals surface area contributed by atoms with E-state index in [-0.39, 0.29) is 0 Å². The summed E-state index contributed by atoms with van der Waals surface area (Å²) in [5, 5.41) is 3.95. The van der Waals surface area contributed by atoms with Crippen LogP contribution in [0.5, 0.6) is 0 Å². The summed E-state index contributed by atoms with van der Waals surface area (Å²) in [6.07, 6.45) is 0.939. The largest absolute Gasteiger partial charge is 0.391 e. The van der Waals surface area contributed by atoms with E-state index in [0.29, 0.717) is 6.61 Å². The van der Waals surface area contributed by atoms with Gasteiger partial charge in [0.15, 0.2) is 0 Å². The van der Waals surface area contributed by atoms with Gasteiger partial charge in [0.25, 0.3) is 0 Å². The van der Waals surface area contributed by atoms with Gasteiger partial charge in [-0.15, -0.1) is 0 Å². The maximum absolute atomic E-state index is 5.16. The lowest BCUT2D eigenvalue weighted by Crippen LogP contribution is -1.91. The molecule has 0 atom stereocenters. The van der Waals surface area contributed by atoms with Crippen LogP contribution in [0.25, 0.3) is 0 Å². The number of benzene rings is 1. The molecule has 2 heteroatoms. The molecule has 0 aromatic heterocycles. The maximum Gasteiger partial charge on any atom is 0.142 e. The van der Waals surface area contributed by atoms with Gasteiger partial charge in [-0.2, -0.15) is 0 Å². The Morgan fingerprint density at radius 3 is 2.62 bits per heavy atom. The highest BCUT2D eigenvalue weighted by Gasteiger charge is 1.90. The molecule has 1 rings (SSSR count). The molecule has 2 nitrogen and oxygen atoms in total. The van der Waals surface area contributed by atoms with E-state index in [1.54, 1.807) is 0 Å². The highest BCUT2D eigenvalue weighted by atomic mass is 16.6. The zero-order valence-electron chi connectivity index (χ0n) is 8.16. The first-order valence-electron chi connectivity index (χ1n) is 4.52. The summed E-state index contributed by atoms with van der Waals surface area (Å²) in [4.78, 5) is 5.16. The lowest BCUT2D eigenvalue weighted by atomic mass is 10.2. The predicted octanol–water partition coefficient (Wildman–Crippen LogP) is 2.99. The number of oxime groups is 1. The lowest BCUT2D eigenvalue weighted by molar-refractivity contribution is 0.130. The fraction of sp³-hybridized carbons (Fsp3) is 0.364. The van der Waals surface area contributed by atoms with E-state index in [0.717, 1.165) is 17.7 Å². The second-order valence-corrected chi connectivity index (χ2v) is 2.94. The maximum atomic E-state index is 5.16. The van der Waals surface area contributed by atoms with Crippen LogP contribution in [0.2, 0.25) is 0 Å². The van der Waals surface area contributed by atoms with Gasteiger partial charge in [0.05, 0.1) is 5.71 Å². The Balaban J connectivity index is 2.36. The first-order chi connectivity index (χ1) is 6.33. The van der Waals surface area contributed by atoms with Gasteiger partial charge in [0.2, 0.25) is 0 Å². The molecule has 0 fully saturated rings. The zero-order chi connectivity index (χ0) is 9.52. The second kappa shape index (κ2) is 5.36. The molecular formula is C11H15NO. The molecule has 0 unspecified atom stereocenters. The minimum absolute atomic E-state index is 0.554. The molecule has 70 valence electrons. The van der Waals surface area contributed by atoms with Crippen molar-refractivity contribution in [1.29, 1.82) is 0 Å². The molecule has 0 radical (unpaired) electrons. The SMILES string of the molecule is CC/C(C)=N\OCc1ccccc1. The van der Waals surface area contributed by atoms with Crippen LogP contribution in [0.3, 0.4) is 0 Å². The molecule has 0 heterocycles. The molecule has 0 saturated carbocycles. The Labute approximate surface area is 79.2 Å². The van der Waals surface area contributed by atoms with Crippen molar-refractivity contribution < 1.29 is 4.84 Å². The van der Waals surface area contributed by atoms with E-state index < -0.39 is 0 Å². The van der Waals surface area contributed by atoms with Crippen LogP contribution < -0.4 is 0 Å². The van der Waals surface area contributed by atoms with Crippen molar-refractivity contribution in [3.63, 3.8) is 0 Å². The Morgan fingerprint density at radius 1 is 1.31 bits per heavy atom. The van der Waals surface area contributed by atoms with Crippen molar-refractivity contribution in [3.8, 4) is 0 Å². The Bertz CT molecular complexity index is 267. The molecule has 13 heavy (non-hydrogen) atoms. The standard InChI is InChI=1S/C11H15NO/c1-3-10(2)12-13-9-11-7-5-4-6-8-11/h4-8H,3,9H2,1-2H3/b12-10-. The molecular weight excluding hydrogens is 162 g/mol. The number of rotatable bonds is 4. The summed E-state index contributed by atoms with van der Waals surface area (Å²) in [7, 11) is 0. The van der Waals surface area contributed by atoms with Crippen LogP contribution in [-0.2, 0) is 11.4 Å². The van der Waals surface area contributed by atoms with Crippen molar-refractivity contribution in [2.45, 2.75) is 26.9 Å². The van der Waals surface area contributed by atoms with Crippen molar-refractivity contribution in [2.24, 2.45) is 5.16 Å². The van der Waals surface area contributed by atoms with Crippen molar-refractivity contribution in [3.05, 3.63) is 35.9 Å². The highest BCUT2D eigenvalue weighted by Crippen LogP contribution is 2.00. The molecule has 0 amide bonds. The fourth-order valence-electron chi connectivity index (χ4n) is 0.856. The third-order valence-electron chi connectivity index (χ3n) is 1.81. The third-order valence-corrected chi connectivity index (χ3v) is 1.81. The number of nitrogens with zero attached hydrogens (tertiary/aromatic N) is 1. The van der Waals surface area contributed by atoms with Crippen molar-refractivity contribution in [1.82, 2.24) is 0 Å². The summed E-state index contributed by atoms with van der Waals surface area (Å²) in [6.45, 7) is 4.58. The number of hydrogen-bond donors (Lipinski definition) is 0. The molecule has 0 spiro atoms. The Morgan fingerprint density at radius 2 is 2.00 bits per heavy atom. The highest BCUT2D eigenvalue weighted by molar-refractivity contribution is 5.80. The van der Waals surface area contributed by atoms with Gasteiger partial charge in [-0.05, 0) is 18.9 Å². The average Bonchev–Trinajstić information content (AvgIpc) is 2.19. The Hall–Kier alpha value is -1.31. The first-order valence-corrected chi connectivity index (χ1v) is 4.52. The van der Waals surface area contributed by atoms with Crippen LogP contribution in [-0.4, -0.2) is 5.71 Å². The Kier molecular flexibility index (Phi) is 4.03. The quantitative estimate of drug-likeness (QED) is 0.511. The normalized spacial score (nSPS) is 11.4. The van der Waals surface area contributed by atoms with Gasteiger partial charge in [-0.3, -0.25) is 0 Å². The van der Waals surface area contributed by atoms with Crippen LogP contribution >= 0.6 is 0 Å². The van der Waals surface area contributed by atoms with E-state index in [1.165, 1.54) is 0 Å². The van der Waals surface area contributed by atoms with E-state index in [1.807, 2.05) is 37.3 Å². The average molecular weight is 177 g/mol. The fourth-order valence-corrected chi connectivity index (χ4v) is 0.856. The van der Waals surface area contributed by atoms with Crippen LogP contribution in [0.1, 0.15) is 25.8 Å². The first kappa shape index (κ1) is 9.78. The monoisotopic (exact) mass is 177 g/mol. The molecule has 0 bridgehead atoms. The topological polar surface area (TPSA) is 21.6 Å². The summed E-state index contributed by atoms with van der Waals surface area (Å²) in [5.74, 6) is 0. The minimum atomic E-state index is 0.554. The molecule has 1 aromatic carbocycles. The third kappa shape index (κ3) is 3.74. The molecule has 0 aliphatic rings. The number of hydrogen-bond acceptors (Lipinski definition) is 2. The summed E-state index contributed by atoms with van der Waals surface area (Å²) >= 11 is 0. The minimum Gasteiger partial charge on any atom is -0.391 e. The summed E-state index contributed by atoms with van der Waals surface area (Å²) in [6, 6.07) is 10.0. The summed E-state index contributed by atoms with van der Waals surface area (Å²) < 4.78 is 0. The van der Waals surface area contributed by atoms with Gasteiger partial charge < -0.3 is 4.84 Å². The predicted molar refractivity (Wildman–Crippen MR) is 54.6 cm³/mol. The molecule has 0 aliphatic carbocycles. The van der Waals surface area contributed by atoms with Crippen molar-refractivity contribution >= 4 is 5.71 Å². The lowest BCUT2D eigenvalue weighted by Gasteiger charge is -2.00. The van der Waals surface area contributed by atoms with Gasteiger partial charge in [0, 0.05) is 0 Å². The van der Waals surface area contributed by atoms with E-state index >= 15 is 0 Å². The van der Waals surface area contributed by atoms with Crippen LogP contribution in [0, 0.1) is 0 Å². The van der Waals surface area contributed by atoms with Crippen molar-refractivity contribution in [2.75, 3.05) is 0 Å². The van der Waals surface area contributed by atoms with E-state index in [2.05, 4.69) is 12.1 Å². The molecule has 1 aromatic rings. The molecule has 0 N–H and O–H groups in total. The van der Waals surface area contributed by atoms with Gasteiger partial charge in [0.1, 0.15) is 6.61 Å². The van der Waals surface area contributed by atoms with Crippen LogP contribution in [0.4, 0.5) is 0 Å². The summed E-state index contributed by atoms with van der Waals surface area (Å²) in [5.41, 5.74) is 2.17. The van der Waals surface area contributed by atoms with Gasteiger partial charge in [-0.25, -0.2) is 0 Å². The second-order valence-electron chi connectivity index (χ2n) is 2.94. The van der Waals surface area contributed by atoms with Crippen LogP contribution in [0.15, 0.2) is 35.5 Å². The van der Waals surface area contributed by atoms with E-state index in [9.17, 15) is 0 Å².